The molecule has 0 radical (unpaired) electrons. The quantitative estimate of drug-likeness (QED) is 0.541. The van der Waals surface area contributed by atoms with E-state index < -0.39 is 6.04 Å². The molecular formula is C22H25Cl3N2O2. The maximum atomic E-state index is 13.2. The van der Waals surface area contributed by atoms with Crippen molar-refractivity contribution in [1.29, 1.82) is 0 Å². The fraction of sp³-hybridized carbons (Fsp3) is 0.364. The number of amides is 2. The van der Waals surface area contributed by atoms with Crippen molar-refractivity contribution in [3.05, 3.63) is 68.7 Å². The lowest BCUT2D eigenvalue weighted by Gasteiger charge is -2.31. The smallest absolute Gasteiger partial charge is 0.242 e. The molecule has 29 heavy (non-hydrogen) atoms. The molecule has 2 amide bonds. The molecule has 7 heteroatoms. The minimum Gasteiger partial charge on any atom is -0.354 e. The van der Waals surface area contributed by atoms with Gasteiger partial charge in [-0.3, -0.25) is 9.59 Å². The van der Waals surface area contributed by atoms with Crippen LogP contribution >= 0.6 is 34.8 Å². The Balaban J connectivity index is 2.30. The molecule has 0 saturated carbocycles. The second-order valence-electron chi connectivity index (χ2n) is 6.78. The molecule has 0 fully saturated rings. The van der Waals surface area contributed by atoms with Crippen LogP contribution in [0.5, 0.6) is 0 Å². The van der Waals surface area contributed by atoms with E-state index in [-0.39, 0.29) is 24.8 Å². The molecule has 2 aromatic carbocycles. The lowest BCUT2D eigenvalue weighted by molar-refractivity contribution is -0.140. The number of rotatable bonds is 9. The zero-order chi connectivity index (χ0) is 21.4. The minimum absolute atomic E-state index is 0.156. The van der Waals surface area contributed by atoms with E-state index in [1.165, 1.54) is 0 Å². The first-order chi connectivity index (χ1) is 13.8. The summed E-state index contributed by atoms with van der Waals surface area (Å²) in [7, 11) is 0. The third-order valence-corrected chi connectivity index (χ3v) is 5.40. The monoisotopic (exact) mass is 454 g/mol. The molecular weight excluding hydrogens is 431 g/mol. The highest BCUT2D eigenvalue weighted by molar-refractivity contribution is 6.35. The lowest BCUT2D eigenvalue weighted by Crippen LogP contribution is -2.49. The van der Waals surface area contributed by atoms with E-state index in [4.69, 9.17) is 34.8 Å². The number of nitrogens with one attached hydrogen (secondary N) is 1. The molecule has 0 aromatic heterocycles. The maximum Gasteiger partial charge on any atom is 0.242 e. The van der Waals surface area contributed by atoms with Gasteiger partial charge in [0.15, 0.2) is 0 Å². The van der Waals surface area contributed by atoms with Gasteiger partial charge in [0.25, 0.3) is 0 Å². The van der Waals surface area contributed by atoms with Crippen molar-refractivity contribution in [2.45, 2.75) is 45.7 Å². The van der Waals surface area contributed by atoms with E-state index >= 15 is 0 Å². The van der Waals surface area contributed by atoms with E-state index in [9.17, 15) is 9.59 Å². The summed E-state index contributed by atoms with van der Waals surface area (Å²) in [5.74, 6) is -0.319. The van der Waals surface area contributed by atoms with Gasteiger partial charge < -0.3 is 10.2 Å². The first-order valence-electron chi connectivity index (χ1n) is 9.61. The molecule has 0 aliphatic heterocycles. The van der Waals surface area contributed by atoms with Crippen molar-refractivity contribution in [3.63, 3.8) is 0 Å². The van der Waals surface area contributed by atoms with Crippen LogP contribution in [0.1, 0.15) is 37.8 Å². The molecule has 0 aliphatic rings. The fourth-order valence-corrected chi connectivity index (χ4v) is 3.59. The Hall–Kier alpha value is -1.75. The number of nitrogens with zero attached hydrogens (tertiary/aromatic N) is 1. The minimum atomic E-state index is -0.590. The Bertz CT molecular complexity index is 840. The van der Waals surface area contributed by atoms with Crippen LogP contribution in [0, 0.1) is 0 Å². The summed E-state index contributed by atoms with van der Waals surface area (Å²) >= 11 is 18.3. The molecule has 1 N–H and O–H groups in total. The molecule has 4 nitrogen and oxygen atoms in total. The van der Waals surface area contributed by atoms with Crippen LogP contribution in [0.2, 0.25) is 15.1 Å². The van der Waals surface area contributed by atoms with Crippen molar-refractivity contribution < 1.29 is 9.59 Å². The van der Waals surface area contributed by atoms with Crippen molar-refractivity contribution in [1.82, 2.24) is 10.2 Å². The summed E-state index contributed by atoms with van der Waals surface area (Å²) in [5, 5.41) is 4.49. The molecule has 0 unspecified atom stereocenters. The molecule has 156 valence electrons. The third-order valence-electron chi connectivity index (χ3n) is 4.56. The number of hydrogen-bond donors (Lipinski definition) is 1. The molecule has 0 spiro atoms. The second kappa shape index (κ2) is 11.4. The maximum absolute atomic E-state index is 13.2. The average Bonchev–Trinajstić information content (AvgIpc) is 2.69. The number of benzene rings is 2. The van der Waals surface area contributed by atoms with Crippen molar-refractivity contribution in [2.24, 2.45) is 0 Å². The SMILES string of the molecule is CCCNC(=O)[C@@H](CC)N(Cc1ccc(Cl)cc1Cl)C(=O)Cc1ccc(Cl)cc1. The molecule has 2 aromatic rings. The summed E-state index contributed by atoms with van der Waals surface area (Å²) in [6.07, 6.45) is 1.48. The van der Waals surface area contributed by atoms with Gasteiger partial charge in [0.05, 0.1) is 6.42 Å². The Kier molecular flexibility index (Phi) is 9.28. The molecule has 0 aliphatic carbocycles. The van der Waals surface area contributed by atoms with Crippen LogP contribution in [0.25, 0.3) is 0 Å². The fourth-order valence-electron chi connectivity index (χ4n) is 3.00. The van der Waals surface area contributed by atoms with Gasteiger partial charge in [0.1, 0.15) is 6.04 Å². The number of carbonyl (C=O) groups is 2. The Morgan fingerprint density at radius 2 is 1.66 bits per heavy atom. The van der Waals surface area contributed by atoms with Gasteiger partial charge in [-0.05, 0) is 48.2 Å². The highest BCUT2D eigenvalue weighted by Crippen LogP contribution is 2.24. The predicted octanol–water partition coefficient (Wildman–Crippen LogP) is 5.52. The highest BCUT2D eigenvalue weighted by Gasteiger charge is 2.29. The van der Waals surface area contributed by atoms with E-state index in [0.717, 1.165) is 17.5 Å². The van der Waals surface area contributed by atoms with Crippen LogP contribution in [-0.4, -0.2) is 29.3 Å². The summed E-state index contributed by atoms with van der Waals surface area (Å²) in [6.45, 7) is 4.66. The summed E-state index contributed by atoms with van der Waals surface area (Å²) in [5.41, 5.74) is 1.57. The van der Waals surface area contributed by atoms with Crippen molar-refractivity contribution >= 4 is 46.6 Å². The van der Waals surface area contributed by atoms with E-state index in [1.807, 2.05) is 26.0 Å². The number of hydrogen-bond acceptors (Lipinski definition) is 2. The molecule has 1 atom stereocenters. The second-order valence-corrected chi connectivity index (χ2v) is 8.06. The van der Waals surface area contributed by atoms with Gasteiger partial charge in [-0.2, -0.15) is 0 Å². The summed E-state index contributed by atoms with van der Waals surface area (Å²) in [6, 6.07) is 11.7. The van der Waals surface area contributed by atoms with E-state index in [2.05, 4.69) is 5.32 Å². The van der Waals surface area contributed by atoms with Crippen LogP contribution in [-0.2, 0) is 22.6 Å². The van der Waals surface area contributed by atoms with Gasteiger partial charge in [0, 0.05) is 28.2 Å². The van der Waals surface area contributed by atoms with Crippen molar-refractivity contribution in [2.75, 3.05) is 6.54 Å². The largest absolute Gasteiger partial charge is 0.354 e. The van der Waals surface area contributed by atoms with Gasteiger partial charge in [-0.1, -0.05) is 66.8 Å². The topological polar surface area (TPSA) is 49.4 Å². The Morgan fingerprint density at radius 3 is 2.24 bits per heavy atom. The number of halogens is 3. The van der Waals surface area contributed by atoms with Crippen molar-refractivity contribution in [3.8, 4) is 0 Å². The normalized spacial score (nSPS) is 11.8. The van der Waals surface area contributed by atoms with Gasteiger partial charge in [0.2, 0.25) is 11.8 Å². The lowest BCUT2D eigenvalue weighted by atomic mass is 10.1. The Labute approximate surface area is 187 Å². The molecule has 0 heterocycles. The zero-order valence-corrected chi connectivity index (χ0v) is 18.8. The standard InChI is InChI=1S/C22H25Cl3N2O2/c1-3-11-26-22(29)20(4-2)27(14-16-7-10-18(24)13-19(16)25)21(28)12-15-5-8-17(23)9-6-15/h5-10,13,20H,3-4,11-12,14H2,1-2H3,(H,26,29)/t20-/m1/s1. The van der Waals surface area contributed by atoms with Gasteiger partial charge in [-0.15, -0.1) is 0 Å². The molecule has 0 saturated heterocycles. The van der Waals surface area contributed by atoms with Gasteiger partial charge >= 0.3 is 0 Å². The van der Waals surface area contributed by atoms with Crippen LogP contribution in [0.15, 0.2) is 42.5 Å². The van der Waals surface area contributed by atoms with E-state index in [0.29, 0.717) is 28.0 Å². The van der Waals surface area contributed by atoms with E-state index in [1.54, 1.807) is 35.2 Å². The summed E-state index contributed by atoms with van der Waals surface area (Å²) in [4.78, 5) is 27.5. The zero-order valence-electron chi connectivity index (χ0n) is 16.6. The first kappa shape index (κ1) is 23.5. The molecule has 0 bridgehead atoms. The highest BCUT2D eigenvalue weighted by atomic mass is 35.5. The molecule has 2 rings (SSSR count). The third kappa shape index (κ3) is 6.91. The number of carbonyl (C=O) groups excluding carboxylic acids is 2. The van der Waals surface area contributed by atoms with Crippen LogP contribution in [0.4, 0.5) is 0 Å². The Morgan fingerprint density at radius 1 is 1.00 bits per heavy atom. The summed E-state index contributed by atoms with van der Waals surface area (Å²) < 4.78 is 0. The van der Waals surface area contributed by atoms with Gasteiger partial charge in [-0.25, -0.2) is 0 Å². The van der Waals surface area contributed by atoms with Crippen LogP contribution < -0.4 is 5.32 Å². The average molecular weight is 456 g/mol. The predicted molar refractivity (Wildman–Crippen MR) is 120 cm³/mol. The van der Waals surface area contributed by atoms with Crippen LogP contribution in [0.3, 0.4) is 0 Å². The first-order valence-corrected chi connectivity index (χ1v) is 10.7.